The molecule has 0 radical (unpaired) electrons. The number of halogens is 1. The topological polar surface area (TPSA) is 66.4 Å². The average molecular weight is 356 g/mol. The molecule has 0 unspecified atom stereocenters. The maximum absolute atomic E-state index is 12.0. The van der Waals surface area contributed by atoms with Crippen LogP contribution >= 0.6 is 15.9 Å². The van der Waals surface area contributed by atoms with Crippen molar-refractivity contribution < 1.29 is 14.7 Å². The first-order valence-electron chi connectivity index (χ1n) is 7.27. The molecular weight excluding hydrogens is 334 g/mol. The summed E-state index contributed by atoms with van der Waals surface area (Å²) in [6.45, 7) is 2.58. The Hall–Kier alpha value is -1.36. The van der Waals surface area contributed by atoms with Crippen LogP contribution in [0.5, 0.6) is 0 Å². The Labute approximate surface area is 134 Å². The van der Waals surface area contributed by atoms with Crippen molar-refractivity contribution in [3.63, 3.8) is 0 Å². The first-order chi connectivity index (χ1) is 10.0. The molecule has 0 aliphatic rings. The quantitative estimate of drug-likeness (QED) is 0.659. The second kappa shape index (κ2) is 9.55. The lowest BCUT2D eigenvalue weighted by atomic mass is 10.1. The largest absolute Gasteiger partial charge is 0.481 e. The predicted octanol–water partition coefficient (Wildman–Crippen LogP) is 3.91. The number of nitrogens with one attached hydrogen (secondary N) is 1. The molecule has 0 aromatic heterocycles. The molecule has 0 aliphatic carbocycles. The Bertz CT molecular complexity index is 488. The molecule has 0 aliphatic heterocycles. The van der Waals surface area contributed by atoms with Gasteiger partial charge in [0.2, 0.25) is 0 Å². The summed E-state index contributed by atoms with van der Waals surface area (Å²) >= 11 is 3.37. The van der Waals surface area contributed by atoms with Crippen molar-refractivity contribution in [2.24, 2.45) is 0 Å². The van der Waals surface area contributed by atoms with Crippen LogP contribution in [-0.4, -0.2) is 23.5 Å². The number of amides is 1. The van der Waals surface area contributed by atoms with Gasteiger partial charge in [-0.3, -0.25) is 9.59 Å². The number of carboxylic acids is 1. The number of aliphatic carboxylic acids is 1. The van der Waals surface area contributed by atoms with Gasteiger partial charge in [0, 0.05) is 23.0 Å². The Morgan fingerprint density at radius 2 is 1.81 bits per heavy atom. The summed E-state index contributed by atoms with van der Waals surface area (Å²) in [6, 6.07) is 5.67. The van der Waals surface area contributed by atoms with Crippen molar-refractivity contribution in [3.05, 3.63) is 33.8 Å². The minimum absolute atomic E-state index is 0.0420. The second-order valence-electron chi connectivity index (χ2n) is 5.13. The lowest BCUT2D eigenvalue weighted by Crippen LogP contribution is -2.25. The van der Waals surface area contributed by atoms with E-state index in [0.29, 0.717) is 12.1 Å². The summed E-state index contributed by atoms with van der Waals surface area (Å²) in [6.07, 6.45) is 4.87. The fourth-order valence-corrected chi connectivity index (χ4v) is 2.43. The Morgan fingerprint density at radius 3 is 2.52 bits per heavy atom. The van der Waals surface area contributed by atoms with Crippen molar-refractivity contribution in [2.75, 3.05) is 6.54 Å². The summed E-state index contributed by atoms with van der Waals surface area (Å²) in [7, 11) is 0. The van der Waals surface area contributed by atoms with Gasteiger partial charge in [0.1, 0.15) is 0 Å². The molecular formula is C16H22BrNO3. The number of carbonyl (C=O) groups is 2. The number of benzene rings is 1. The van der Waals surface area contributed by atoms with E-state index in [1.807, 2.05) is 25.1 Å². The molecule has 0 saturated heterocycles. The van der Waals surface area contributed by atoms with Gasteiger partial charge in [0.05, 0.1) is 0 Å². The van der Waals surface area contributed by atoms with Gasteiger partial charge in [-0.1, -0.05) is 41.3 Å². The van der Waals surface area contributed by atoms with Crippen LogP contribution in [-0.2, 0) is 4.79 Å². The van der Waals surface area contributed by atoms with Crippen LogP contribution < -0.4 is 5.32 Å². The Kier molecular flexibility index (Phi) is 8.05. The SMILES string of the molecule is Cc1ccc(Br)cc1C(=O)NCCCCCCCC(=O)O. The third-order valence-corrected chi connectivity index (χ3v) is 3.79. The van der Waals surface area contributed by atoms with Crippen LogP contribution in [0.1, 0.15) is 54.4 Å². The van der Waals surface area contributed by atoms with Crippen LogP contribution in [0, 0.1) is 6.92 Å². The van der Waals surface area contributed by atoms with Crippen molar-refractivity contribution in [1.29, 1.82) is 0 Å². The van der Waals surface area contributed by atoms with E-state index in [1.165, 1.54) is 0 Å². The van der Waals surface area contributed by atoms with Crippen LogP contribution in [0.15, 0.2) is 22.7 Å². The monoisotopic (exact) mass is 355 g/mol. The molecule has 0 heterocycles. The fraction of sp³-hybridized carbons (Fsp3) is 0.500. The first-order valence-corrected chi connectivity index (χ1v) is 8.06. The van der Waals surface area contributed by atoms with Gasteiger partial charge in [0.25, 0.3) is 5.91 Å². The zero-order chi connectivity index (χ0) is 15.7. The van der Waals surface area contributed by atoms with E-state index in [4.69, 9.17) is 5.11 Å². The normalized spacial score (nSPS) is 10.4. The zero-order valence-corrected chi connectivity index (χ0v) is 13.9. The molecule has 0 saturated carbocycles. The summed E-state index contributed by atoms with van der Waals surface area (Å²) in [5.41, 5.74) is 1.66. The average Bonchev–Trinajstić information content (AvgIpc) is 2.43. The first kappa shape index (κ1) is 17.7. The molecule has 5 heteroatoms. The second-order valence-corrected chi connectivity index (χ2v) is 6.04. The van der Waals surface area contributed by atoms with E-state index in [1.54, 1.807) is 0 Å². The van der Waals surface area contributed by atoms with E-state index in [-0.39, 0.29) is 12.3 Å². The highest BCUT2D eigenvalue weighted by molar-refractivity contribution is 9.10. The Balaban J connectivity index is 2.16. The van der Waals surface area contributed by atoms with Crippen LogP contribution in [0.25, 0.3) is 0 Å². The highest BCUT2D eigenvalue weighted by atomic mass is 79.9. The lowest BCUT2D eigenvalue weighted by molar-refractivity contribution is -0.137. The van der Waals surface area contributed by atoms with Crippen molar-refractivity contribution in [1.82, 2.24) is 5.32 Å². The molecule has 4 nitrogen and oxygen atoms in total. The molecule has 0 atom stereocenters. The van der Waals surface area contributed by atoms with E-state index >= 15 is 0 Å². The molecule has 1 aromatic rings. The van der Waals surface area contributed by atoms with Crippen LogP contribution in [0.3, 0.4) is 0 Å². The van der Waals surface area contributed by atoms with Gasteiger partial charge < -0.3 is 10.4 Å². The standard InChI is InChI=1S/C16H22BrNO3/c1-12-8-9-13(17)11-14(12)16(21)18-10-6-4-2-3-5-7-15(19)20/h8-9,11H,2-7,10H2,1H3,(H,18,21)(H,19,20). The van der Waals surface area contributed by atoms with Crippen LogP contribution in [0.4, 0.5) is 0 Å². The minimum atomic E-state index is -0.730. The molecule has 1 aromatic carbocycles. The maximum atomic E-state index is 12.0. The number of aryl methyl sites for hydroxylation is 1. The summed E-state index contributed by atoms with van der Waals surface area (Å²) < 4.78 is 0.900. The summed E-state index contributed by atoms with van der Waals surface area (Å²) in [5, 5.41) is 11.4. The molecule has 116 valence electrons. The fourth-order valence-electron chi connectivity index (χ4n) is 2.07. The molecule has 21 heavy (non-hydrogen) atoms. The van der Waals surface area contributed by atoms with E-state index in [0.717, 1.165) is 42.1 Å². The highest BCUT2D eigenvalue weighted by Gasteiger charge is 2.08. The molecule has 1 amide bonds. The number of carboxylic acid groups (broad SMARTS) is 1. The molecule has 1 rings (SSSR count). The summed E-state index contributed by atoms with van der Waals surface area (Å²) in [4.78, 5) is 22.4. The number of rotatable bonds is 9. The summed E-state index contributed by atoms with van der Waals surface area (Å²) in [5.74, 6) is -0.772. The van der Waals surface area contributed by atoms with Gasteiger partial charge >= 0.3 is 5.97 Å². The van der Waals surface area contributed by atoms with E-state index in [9.17, 15) is 9.59 Å². The number of carbonyl (C=O) groups excluding carboxylic acids is 1. The van der Waals surface area contributed by atoms with Gasteiger partial charge in [-0.05, 0) is 37.5 Å². The smallest absolute Gasteiger partial charge is 0.303 e. The minimum Gasteiger partial charge on any atom is -0.481 e. The zero-order valence-electron chi connectivity index (χ0n) is 12.3. The number of hydrogen-bond donors (Lipinski definition) is 2. The number of unbranched alkanes of at least 4 members (excludes halogenated alkanes) is 4. The van der Waals surface area contributed by atoms with Gasteiger partial charge in [-0.25, -0.2) is 0 Å². The highest BCUT2D eigenvalue weighted by Crippen LogP contribution is 2.16. The third kappa shape index (κ3) is 7.27. The van der Waals surface area contributed by atoms with Gasteiger partial charge in [-0.15, -0.1) is 0 Å². The van der Waals surface area contributed by atoms with Crippen molar-refractivity contribution in [2.45, 2.75) is 45.4 Å². The molecule has 0 spiro atoms. The predicted molar refractivity (Wildman–Crippen MR) is 86.6 cm³/mol. The Morgan fingerprint density at radius 1 is 1.14 bits per heavy atom. The lowest BCUT2D eigenvalue weighted by Gasteiger charge is -2.08. The molecule has 0 fully saturated rings. The molecule has 0 bridgehead atoms. The van der Waals surface area contributed by atoms with E-state index < -0.39 is 5.97 Å². The molecule has 2 N–H and O–H groups in total. The van der Waals surface area contributed by atoms with Gasteiger partial charge in [-0.2, -0.15) is 0 Å². The third-order valence-electron chi connectivity index (χ3n) is 3.30. The van der Waals surface area contributed by atoms with Crippen molar-refractivity contribution >= 4 is 27.8 Å². The van der Waals surface area contributed by atoms with Gasteiger partial charge in [0.15, 0.2) is 0 Å². The maximum Gasteiger partial charge on any atom is 0.303 e. The van der Waals surface area contributed by atoms with E-state index in [2.05, 4.69) is 21.2 Å². The number of hydrogen-bond acceptors (Lipinski definition) is 2. The van der Waals surface area contributed by atoms with Crippen LogP contribution in [0.2, 0.25) is 0 Å². The van der Waals surface area contributed by atoms with Crippen molar-refractivity contribution in [3.8, 4) is 0 Å².